The number of hydrogen-bond acceptors (Lipinski definition) is 5. The third-order valence-electron chi connectivity index (χ3n) is 1.05. The highest BCUT2D eigenvalue weighted by molar-refractivity contribution is 5.81. The van der Waals surface area contributed by atoms with Crippen molar-refractivity contribution in [1.29, 1.82) is 0 Å². The van der Waals surface area contributed by atoms with Gasteiger partial charge < -0.3 is 15.3 Å². The molecule has 11 heavy (non-hydrogen) atoms. The number of oxime groups is 1. The Hall–Kier alpha value is -1.85. The summed E-state index contributed by atoms with van der Waals surface area (Å²) in [5, 5.41) is 19.5. The largest absolute Gasteiger partial charge is 0.493 e. The monoisotopic (exact) mass is 155 g/mol. The van der Waals surface area contributed by atoms with Crippen LogP contribution < -0.4 is 5.56 Å². The molecule has 0 aromatic carbocycles. The predicted molar refractivity (Wildman–Crippen MR) is 35.9 cm³/mol. The van der Waals surface area contributed by atoms with Gasteiger partial charge in [0.25, 0.3) is 5.56 Å². The molecule has 3 N–H and O–H groups in total. The van der Waals surface area contributed by atoms with E-state index in [1.807, 2.05) is 0 Å². The Morgan fingerprint density at radius 3 is 3.00 bits per heavy atom. The second-order valence-corrected chi connectivity index (χ2v) is 1.71. The van der Waals surface area contributed by atoms with Crippen molar-refractivity contribution < 1.29 is 10.3 Å². The van der Waals surface area contributed by atoms with Crippen molar-refractivity contribution in [2.75, 3.05) is 0 Å². The van der Waals surface area contributed by atoms with E-state index in [-0.39, 0.29) is 5.56 Å². The van der Waals surface area contributed by atoms with Crippen LogP contribution in [0, 0.1) is 0 Å². The molecule has 58 valence electrons. The quantitative estimate of drug-likeness (QED) is 0.283. The van der Waals surface area contributed by atoms with Crippen LogP contribution in [0.4, 0.5) is 0 Å². The van der Waals surface area contributed by atoms with Gasteiger partial charge in [-0.05, 0) is 0 Å². The van der Waals surface area contributed by atoms with Gasteiger partial charge in [-0.25, -0.2) is 4.98 Å². The number of hydrogen-bond donors (Lipinski definition) is 3. The summed E-state index contributed by atoms with van der Waals surface area (Å²) >= 11 is 0. The molecule has 0 aliphatic carbocycles. The van der Waals surface area contributed by atoms with Crippen molar-refractivity contribution >= 4 is 6.21 Å². The first-order valence-corrected chi connectivity index (χ1v) is 2.70. The highest BCUT2D eigenvalue weighted by atomic mass is 16.4. The molecular weight excluding hydrogens is 150 g/mol. The van der Waals surface area contributed by atoms with E-state index in [4.69, 9.17) is 10.3 Å². The van der Waals surface area contributed by atoms with E-state index in [2.05, 4.69) is 15.1 Å². The summed E-state index contributed by atoms with van der Waals surface area (Å²) in [4.78, 5) is 16.3. The lowest BCUT2D eigenvalue weighted by Gasteiger charge is -1.91. The third kappa shape index (κ3) is 1.34. The number of aromatic nitrogens is 2. The van der Waals surface area contributed by atoms with Crippen molar-refractivity contribution in [3.63, 3.8) is 0 Å². The zero-order valence-corrected chi connectivity index (χ0v) is 5.35. The topological polar surface area (TPSA) is 98.6 Å². The maximum atomic E-state index is 10.8. The molecule has 0 unspecified atom stereocenters. The van der Waals surface area contributed by atoms with Crippen molar-refractivity contribution in [1.82, 2.24) is 9.97 Å². The maximum Gasteiger partial charge on any atom is 0.263 e. The third-order valence-corrected chi connectivity index (χ3v) is 1.05. The summed E-state index contributed by atoms with van der Waals surface area (Å²) in [6, 6.07) is 0. The van der Waals surface area contributed by atoms with Crippen LogP contribution in [0.15, 0.2) is 16.3 Å². The lowest BCUT2D eigenvalue weighted by Crippen LogP contribution is -2.12. The van der Waals surface area contributed by atoms with Crippen LogP contribution in [0.5, 0.6) is 5.88 Å². The van der Waals surface area contributed by atoms with Crippen LogP contribution in [0.25, 0.3) is 0 Å². The van der Waals surface area contributed by atoms with E-state index in [9.17, 15) is 4.79 Å². The van der Waals surface area contributed by atoms with Gasteiger partial charge in [0, 0.05) is 0 Å². The smallest absolute Gasteiger partial charge is 0.263 e. The van der Waals surface area contributed by atoms with Crippen LogP contribution >= 0.6 is 0 Å². The lowest BCUT2D eigenvalue weighted by molar-refractivity contribution is 0.321. The Morgan fingerprint density at radius 2 is 2.45 bits per heavy atom. The van der Waals surface area contributed by atoms with Crippen molar-refractivity contribution in [2.24, 2.45) is 5.16 Å². The summed E-state index contributed by atoms with van der Waals surface area (Å²) in [7, 11) is 0. The predicted octanol–water partition coefficient (Wildman–Crippen LogP) is -0.716. The second kappa shape index (κ2) is 2.82. The molecule has 0 amide bonds. The number of aromatic hydroxyl groups is 1. The van der Waals surface area contributed by atoms with Gasteiger partial charge in [0.15, 0.2) is 0 Å². The Balaban J connectivity index is 3.32. The molecule has 0 saturated heterocycles. The minimum Gasteiger partial charge on any atom is -0.493 e. The fourth-order valence-corrected chi connectivity index (χ4v) is 0.575. The Kier molecular flexibility index (Phi) is 1.86. The van der Waals surface area contributed by atoms with E-state index in [1.54, 1.807) is 0 Å². The van der Waals surface area contributed by atoms with E-state index >= 15 is 0 Å². The summed E-state index contributed by atoms with van der Waals surface area (Å²) in [6.45, 7) is 0. The van der Waals surface area contributed by atoms with Crippen molar-refractivity contribution in [2.45, 2.75) is 0 Å². The van der Waals surface area contributed by atoms with Gasteiger partial charge in [0.05, 0.1) is 12.5 Å². The molecule has 1 rings (SSSR count). The van der Waals surface area contributed by atoms with Gasteiger partial charge >= 0.3 is 0 Å². The summed E-state index contributed by atoms with van der Waals surface area (Å²) in [6.07, 6.45) is 1.85. The van der Waals surface area contributed by atoms with E-state index in [1.165, 1.54) is 0 Å². The normalized spacial score (nSPS) is 10.5. The maximum absolute atomic E-state index is 10.8. The number of rotatable bonds is 1. The molecule has 1 heterocycles. The first-order valence-electron chi connectivity index (χ1n) is 2.70. The highest BCUT2D eigenvalue weighted by Gasteiger charge is 2.02. The van der Waals surface area contributed by atoms with Crippen molar-refractivity contribution in [3.05, 3.63) is 22.2 Å². The van der Waals surface area contributed by atoms with Crippen LogP contribution in [0.1, 0.15) is 5.56 Å². The van der Waals surface area contributed by atoms with Crippen molar-refractivity contribution in [3.8, 4) is 5.88 Å². The SMILES string of the molecule is O=c1[nH]cnc(O)c1C=NO. The molecule has 0 aliphatic heterocycles. The standard InChI is InChI=1S/C5H5N3O3/c9-4-3(1-8-11)5(10)7-2-6-4/h1-2,11H,(H2,6,7,9,10). The number of nitrogens with one attached hydrogen (secondary N) is 1. The zero-order chi connectivity index (χ0) is 8.27. The van der Waals surface area contributed by atoms with Crippen LogP contribution in [0.2, 0.25) is 0 Å². The summed E-state index contributed by atoms with van der Waals surface area (Å²) < 4.78 is 0. The summed E-state index contributed by atoms with van der Waals surface area (Å²) in [5.74, 6) is -0.466. The van der Waals surface area contributed by atoms with Gasteiger partial charge in [-0.2, -0.15) is 0 Å². The van der Waals surface area contributed by atoms with Crippen LogP contribution in [0.3, 0.4) is 0 Å². The number of nitrogens with zero attached hydrogens (tertiary/aromatic N) is 2. The van der Waals surface area contributed by atoms with Gasteiger partial charge in [-0.1, -0.05) is 5.16 Å². The number of aromatic amines is 1. The van der Waals surface area contributed by atoms with E-state index < -0.39 is 11.4 Å². The van der Waals surface area contributed by atoms with Gasteiger partial charge in [-0.15, -0.1) is 0 Å². The van der Waals surface area contributed by atoms with E-state index in [0.717, 1.165) is 12.5 Å². The first kappa shape index (κ1) is 7.26. The molecule has 0 atom stereocenters. The molecule has 0 fully saturated rings. The van der Waals surface area contributed by atoms with Gasteiger partial charge in [-0.3, -0.25) is 4.79 Å². The molecule has 0 bridgehead atoms. The molecule has 0 spiro atoms. The highest BCUT2D eigenvalue weighted by Crippen LogP contribution is 2.01. The summed E-state index contributed by atoms with van der Waals surface area (Å²) in [5.41, 5.74) is -0.731. The van der Waals surface area contributed by atoms with E-state index in [0.29, 0.717) is 0 Å². The molecule has 6 heteroatoms. The molecule has 0 saturated carbocycles. The second-order valence-electron chi connectivity index (χ2n) is 1.71. The minimum absolute atomic E-state index is 0.171. The molecule has 0 radical (unpaired) electrons. The fourth-order valence-electron chi connectivity index (χ4n) is 0.575. The lowest BCUT2D eigenvalue weighted by atomic mass is 10.3. The molecular formula is C5H5N3O3. The molecule has 1 aromatic rings. The Morgan fingerprint density at radius 1 is 1.73 bits per heavy atom. The zero-order valence-electron chi connectivity index (χ0n) is 5.35. The van der Waals surface area contributed by atoms with Gasteiger partial charge in [0.1, 0.15) is 5.56 Å². The average molecular weight is 155 g/mol. The average Bonchev–Trinajstić information content (AvgIpc) is 1.97. The Bertz CT molecular complexity index is 330. The Labute approximate surface area is 60.8 Å². The minimum atomic E-state index is -0.560. The van der Waals surface area contributed by atoms with Crippen LogP contribution in [-0.4, -0.2) is 26.5 Å². The molecule has 6 nitrogen and oxygen atoms in total. The molecule has 1 aromatic heterocycles. The van der Waals surface area contributed by atoms with Crippen LogP contribution in [-0.2, 0) is 0 Å². The first-order chi connectivity index (χ1) is 5.25. The van der Waals surface area contributed by atoms with Gasteiger partial charge in [0.2, 0.25) is 5.88 Å². The fraction of sp³-hybridized carbons (Fsp3) is 0. The molecule has 0 aliphatic rings. The number of H-pyrrole nitrogens is 1.